The number of alkyl halides is 1. The maximum absolute atomic E-state index is 16.9. The molecule has 3 heterocycles. The summed E-state index contributed by atoms with van der Waals surface area (Å²) in [6.45, 7) is 12.6. The largest absolute Gasteiger partial charge is 0.310 e. The Morgan fingerprint density at radius 1 is 0.791 bits per heavy atom. The van der Waals surface area contributed by atoms with Crippen LogP contribution in [0.4, 0.5) is 8.78 Å². The number of amidine groups is 1. The molecule has 6 heteroatoms. The van der Waals surface area contributed by atoms with Gasteiger partial charge in [-0.25, -0.2) is 4.39 Å². The van der Waals surface area contributed by atoms with Crippen LogP contribution in [0.3, 0.4) is 0 Å². The molecule has 6 rings (SSSR count). The van der Waals surface area contributed by atoms with Crippen molar-refractivity contribution >= 4 is 18.0 Å². The van der Waals surface area contributed by atoms with Crippen molar-refractivity contribution in [2.45, 2.75) is 45.4 Å². The standard InChI is InChI=1S/C37H40F2N4/c1-24-23-41-22-21-25(2)43(36-33(38)34(42-36)32(35(39)40)28(5)27(4)26(24)3)37(29-15-9-6-10-16-29,30-17-11-7-12-18-30)31-19-13-8-14-20-31/h6-24,26-28,32-34,40H,2H2,1,3-5H3/b22-21-,40-35?,41-23-/t24-,26+,27-,28-,32-,33?,34+/m1/s1. The Morgan fingerprint density at radius 3 is 1.72 bits per heavy atom. The molecule has 0 fully saturated rings. The molecule has 43 heavy (non-hydrogen) atoms. The molecule has 0 saturated carbocycles. The lowest BCUT2D eigenvalue weighted by molar-refractivity contribution is 0.151. The number of hydrogen-bond donors (Lipinski definition) is 1. The van der Waals surface area contributed by atoms with Crippen molar-refractivity contribution in [1.29, 1.82) is 5.41 Å². The molecule has 3 aliphatic heterocycles. The van der Waals surface area contributed by atoms with Crippen LogP contribution in [0.15, 0.2) is 126 Å². The second-order valence-corrected chi connectivity index (χ2v) is 11.9. The van der Waals surface area contributed by atoms with Crippen LogP contribution in [-0.4, -0.2) is 35.1 Å². The van der Waals surface area contributed by atoms with Gasteiger partial charge >= 0.3 is 0 Å². The summed E-state index contributed by atoms with van der Waals surface area (Å²) in [5, 5.41) is 8.09. The molecule has 7 atom stereocenters. The highest BCUT2D eigenvalue weighted by Gasteiger charge is 2.54. The maximum Gasteiger partial charge on any atom is 0.187 e. The zero-order chi connectivity index (χ0) is 30.7. The minimum Gasteiger partial charge on any atom is -0.310 e. The minimum atomic E-state index is -1.62. The van der Waals surface area contributed by atoms with Crippen LogP contribution in [0.5, 0.6) is 0 Å². The molecule has 222 valence electrons. The lowest BCUT2D eigenvalue weighted by atomic mass is 9.69. The highest BCUT2D eigenvalue weighted by atomic mass is 19.1. The second kappa shape index (κ2) is 12.6. The third-order valence-electron chi connectivity index (χ3n) is 9.64. The molecule has 3 aromatic rings. The Kier molecular flexibility index (Phi) is 8.86. The number of rotatable bonds is 5. The fourth-order valence-corrected chi connectivity index (χ4v) is 6.76. The van der Waals surface area contributed by atoms with Crippen LogP contribution in [0.1, 0.15) is 44.4 Å². The molecular weight excluding hydrogens is 538 g/mol. The second-order valence-electron chi connectivity index (χ2n) is 11.9. The smallest absolute Gasteiger partial charge is 0.187 e. The lowest BCUT2D eigenvalue weighted by Gasteiger charge is -2.51. The molecule has 0 saturated heterocycles. The Morgan fingerprint density at radius 2 is 1.28 bits per heavy atom. The molecule has 4 nitrogen and oxygen atoms in total. The van der Waals surface area contributed by atoms with E-state index in [0.29, 0.717) is 5.70 Å². The Bertz CT molecular complexity index is 1420. The number of allylic oxidation sites excluding steroid dienone is 1. The summed E-state index contributed by atoms with van der Waals surface area (Å²) < 4.78 is 31.9. The maximum atomic E-state index is 16.9. The average Bonchev–Trinajstić information content (AvgIpc) is 3.03. The van der Waals surface area contributed by atoms with Gasteiger partial charge < -0.3 is 4.90 Å². The van der Waals surface area contributed by atoms with Crippen LogP contribution >= 0.6 is 0 Å². The van der Waals surface area contributed by atoms with E-state index >= 15 is 8.78 Å². The van der Waals surface area contributed by atoms with E-state index in [-0.39, 0.29) is 29.5 Å². The highest BCUT2D eigenvalue weighted by Crippen LogP contribution is 2.48. The van der Waals surface area contributed by atoms with E-state index in [1.54, 1.807) is 12.3 Å². The molecule has 2 bridgehead atoms. The van der Waals surface area contributed by atoms with E-state index in [0.717, 1.165) is 16.7 Å². The number of benzene rings is 3. The van der Waals surface area contributed by atoms with Gasteiger partial charge in [0.05, 0.1) is 5.92 Å². The fourth-order valence-electron chi connectivity index (χ4n) is 6.76. The lowest BCUT2D eigenvalue weighted by Crippen LogP contribution is -2.61. The van der Waals surface area contributed by atoms with Crippen molar-refractivity contribution in [3.05, 3.63) is 132 Å². The predicted octanol–water partition coefficient (Wildman–Crippen LogP) is 8.62. The van der Waals surface area contributed by atoms with Gasteiger partial charge in [0.2, 0.25) is 0 Å². The van der Waals surface area contributed by atoms with Crippen LogP contribution in [0, 0.1) is 35.0 Å². The normalized spacial score (nSPS) is 29.5. The molecule has 1 N–H and O–H groups in total. The van der Waals surface area contributed by atoms with Crippen molar-refractivity contribution < 1.29 is 8.78 Å². The van der Waals surface area contributed by atoms with Crippen LogP contribution < -0.4 is 0 Å². The van der Waals surface area contributed by atoms with Gasteiger partial charge in [-0.2, -0.15) is 4.39 Å². The number of fused-ring (bicyclic) bond motifs is 8. The zero-order valence-electron chi connectivity index (χ0n) is 25.2. The van der Waals surface area contributed by atoms with Crippen molar-refractivity contribution in [3.8, 4) is 0 Å². The van der Waals surface area contributed by atoms with E-state index < -0.39 is 29.6 Å². The number of halogens is 2. The average molecular weight is 579 g/mol. The molecule has 0 aromatic heterocycles. The zero-order valence-corrected chi connectivity index (χ0v) is 25.2. The summed E-state index contributed by atoms with van der Waals surface area (Å²) in [7, 11) is 0. The Balaban J connectivity index is 1.82. The van der Waals surface area contributed by atoms with Crippen LogP contribution in [0.25, 0.3) is 0 Å². The summed E-state index contributed by atoms with van der Waals surface area (Å²) in [5.41, 5.74) is 2.09. The first-order valence-electron chi connectivity index (χ1n) is 15.0. The van der Waals surface area contributed by atoms with E-state index in [2.05, 4.69) is 25.4 Å². The van der Waals surface area contributed by atoms with E-state index in [1.165, 1.54) is 0 Å². The monoisotopic (exact) mass is 578 g/mol. The van der Waals surface area contributed by atoms with Crippen molar-refractivity contribution in [2.75, 3.05) is 0 Å². The van der Waals surface area contributed by atoms with Gasteiger partial charge in [0.1, 0.15) is 17.4 Å². The first kappa shape index (κ1) is 30.3. The first-order chi connectivity index (χ1) is 20.7. The number of nitrogens with one attached hydrogen (secondary N) is 1. The molecule has 3 aliphatic rings. The molecule has 0 spiro atoms. The van der Waals surface area contributed by atoms with E-state index in [9.17, 15) is 0 Å². The number of nitrogens with zero attached hydrogens (tertiary/aromatic N) is 3. The molecule has 0 radical (unpaired) electrons. The van der Waals surface area contributed by atoms with Gasteiger partial charge in [-0.3, -0.25) is 15.4 Å². The topological polar surface area (TPSA) is 51.8 Å². The van der Waals surface area contributed by atoms with Crippen LogP contribution in [-0.2, 0) is 5.54 Å². The highest BCUT2D eigenvalue weighted by molar-refractivity contribution is 5.97. The van der Waals surface area contributed by atoms with Gasteiger partial charge in [-0.05, 0) is 46.4 Å². The number of hydrogen-bond acceptors (Lipinski definition) is 4. The van der Waals surface area contributed by atoms with Crippen molar-refractivity contribution in [2.24, 2.45) is 39.6 Å². The van der Waals surface area contributed by atoms with Gasteiger partial charge in [0.15, 0.2) is 12.1 Å². The van der Waals surface area contributed by atoms with E-state index in [4.69, 9.17) is 10.4 Å². The predicted molar refractivity (Wildman–Crippen MR) is 173 cm³/mol. The van der Waals surface area contributed by atoms with Crippen LogP contribution in [0.2, 0.25) is 0 Å². The third kappa shape index (κ3) is 5.39. The third-order valence-corrected chi connectivity index (χ3v) is 9.64. The Hall–Kier alpha value is -4.19. The number of aliphatic imine (C=N–C) groups is 2. The molecule has 0 aliphatic carbocycles. The molecular formula is C37H40F2N4. The molecule has 0 amide bonds. The van der Waals surface area contributed by atoms with Gasteiger partial charge in [-0.1, -0.05) is 125 Å². The van der Waals surface area contributed by atoms with Crippen molar-refractivity contribution in [3.63, 3.8) is 0 Å². The Labute approximate surface area is 254 Å². The summed E-state index contributed by atoms with van der Waals surface area (Å²) in [6, 6.07) is 28.8. The summed E-state index contributed by atoms with van der Waals surface area (Å²) in [5.74, 6) is -1.93. The summed E-state index contributed by atoms with van der Waals surface area (Å²) in [4.78, 5) is 11.3. The summed E-state index contributed by atoms with van der Waals surface area (Å²) >= 11 is 0. The first-order valence-corrected chi connectivity index (χ1v) is 15.0. The van der Waals surface area contributed by atoms with Crippen molar-refractivity contribution in [1.82, 2.24) is 4.90 Å². The molecule has 3 aromatic carbocycles. The molecule has 1 unspecified atom stereocenters. The SMILES string of the molecule is C=C1/C=C\N=C/[C@@H](C)[C@H](C)[C@@H](C)[C@@H](C)[C@@H](C(=N)F)[C@@H]2N=C(C2F)N1C(c1ccccc1)(c1ccccc1)c1ccccc1. The van der Waals surface area contributed by atoms with Gasteiger partial charge in [0, 0.05) is 18.1 Å². The van der Waals surface area contributed by atoms with Gasteiger partial charge in [-0.15, -0.1) is 0 Å². The fraction of sp³-hybridized carbons (Fsp3) is 0.324. The van der Waals surface area contributed by atoms with E-state index in [1.807, 2.05) is 116 Å². The quantitative estimate of drug-likeness (QED) is 0.239. The van der Waals surface area contributed by atoms with Gasteiger partial charge in [0.25, 0.3) is 0 Å². The minimum absolute atomic E-state index is 0.00374. The summed E-state index contributed by atoms with van der Waals surface area (Å²) in [6.07, 6.45) is 3.77.